The zero-order chi connectivity index (χ0) is 18.6. The van der Waals surface area contributed by atoms with Gasteiger partial charge in [0.25, 0.3) is 5.91 Å². The normalized spacial score (nSPS) is 19.2. The Balaban J connectivity index is 1.33. The highest BCUT2D eigenvalue weighted by atomic mass is 16.5. The van der Waals surface area contributed by atoms with Crippen LogP contribution in [0.1, 0.15) is 5.69 Å². The molecule has 2 aliphatic rings. The lowest BCUT2D eigenvalue weighted by Gasteiger charge is -2.36. The molecule has 27 heavy (non-hydrogen) atoms. The summed E-state index contributed by atoms with van der Waals surface area (Å²) < 4.78 is 5.56. The Bertz CT molecular complexity index is 799. The molecule has 0 radical (unpaired) electrons. The van der Waals surface area contributed by atoms with Crippen LogP contribution >= 0.6 is 0 Å². The maximum atomic E-state index is 12.6. The second kappa shape index (κ2) is 7.65. The Labute approximate surface area is 158 Å². The molecule has 1 atom stereocenters. The molecule has 4 rings (SSSR count). The number of hydrogen-bond donors (Lipinski definition) is 0. The molecule has 0 N–H and O–H groups in total. The molecular formula is C20H22N4O3. The van der Waals surface area contributed by atoms with Gasteiger partial charge in [-0.3, -0.25) is 9.78 Å². The fraction of sp³-hybridized carbons (Fsp3) is 0.350. The molecule has 140 valence electrons. The standard InChI is InChI=1S/C20H22N4O3/c25-19(15-27-18-7-2-1-3-8-18)22-10-11-24-17(13-22)14-23(20(24)26)12-16-6-4-5-9-21-16/h1-9,17H,10-15H2. The molecule has 1 aromatic carbocycles. The Morgan fingerprint density at radius 2 is 1.89 bits per heavy atom. The maximum absolute atomic E-state index is 12.6. The van der Waals surface area contributed by atoms with Crippen LogP contribution in [0.3, 0.4) is 0 Å². The minimum Gasteiger partial charge on any atom is -0.484 e. The number of benzene rings is 1. The van der Waals surface area contributed by atoms with Gasteiger partial charge in [-0.1, -0.05) is 24.3 Å². The number of nitrogens with zero attached hydrogens (tertiary/aromatic N) is 4. The van der Waals surface area contributed by atoms with E-state index in [1.807, 2.05) is 53.4 Å². The highest BCUT2D eigenvalue weighted by molar-refractivity contribution is 5.80. The van der Waals surface area contributed by atoms with Crippen LogP contribution in [0, 0.1) is 0 Å². The van der Waals surface area contributed by atoms with E-state index < -0.39 is 0 Å². The maximum Gasteiger partial charge on any atom is 0.320 e. The first-order valence-corrected chi connectivity index (χ1v) is 9.12. The number of piperazine rings is 1. The topological polar surface area (TPSA) is 66.0 Å². The van der Waals surface area contributed by atoms with Crippen molar-refractivity contribution in [1.82, 2.24) is 19.7 Å². The van der Waals surface area contributed by atoms with Crippen LogP contribution in [0.15, 0.2) is 54.7 Å². The van der Waals surface area contributed by atoms with Crippen LogP contribution in [0.25, 0.3) is 0 Å². The number of para-hydroxylation sites is 1. The second-order valence-electron chi connectivity index (χ2n) is 6.77. The molecule has 7 heteroatoms. The number of carbonyl (C=O) groups is 2. The molecule has 2 aliphatic heterocycles. The second-order valence-corrected chi connectivity index (χ2v) is 6.77. The van der Waals surface area contributed by atoms with Crippen molar-refractivity contribution in [2.45, 2.75) is 12.6 Å². The Kier molecular flexibility index (Phi) is 4.91. The number of ether oxygens (including phenoxy) is 1. The van der Waals surface area contributed by atoms with Gasteiger partial charge in [0, 0.05) is 32.4 Å². The Morgan fingerprint density at radius 3 is 2.67 bits per heavy atom. The summed E-state index contributed by atoms with van der Waals surface area (Å²) in [6.45, 7) is 2.76. The first kappa shape index (κ1) is 17.3. The van der Waals surface area contributed by atoms with Gasteiger partial charge in [-0.15, -0.1) is 0 Å². The van der Waals surface area contributed by atoms with E-state index in [0.29, 0.717) is 38.5 Å². The molecule has 0 saturated carbocycles. The van der Waals surface area contributed by atoms with Gasteiger partial charge in [-0.25, -0.2) is 4.79 Å². The summed E-state index contributed by atoms with van der Waals surface area (Å²) in [7, 11) is 0. The van der Waals surface area contributed by atoms with E-state index in [-0.39, 0.29) is 24.6 Å². The molecule has 3 amide bonds. The summed E-state index contributed by atoms with van der Waals surface area (Å²) in [5, 5.41) is 0. The van der Waals surface area contributed by atoms with Crippen LogP contribution in [0.4, 0.5) is 4.79 Å². The number of urea groups is 1. The van der Waals surface area contributed by atoms with Gasteiger partial charge >= 0.3 is 6.03 Å². The monoisotopic (exact) mass is 366 g/mol. The summed E-state index contributed by atoms with van der Waals surface area (Å²) in [4.78, 5) is 34.9. The van der Waals surface area contributed by atoms with Crippen LogP contribution in [0.2, 0.25) is 0 Å². The number of aromatic nitrogens is 1. The van der Waals surface area contributed by atoms with Crippen molar-refractivity contribution in [1.29, 1.82) is 0 Å². The summed E-state index contributed by atoms with van der Waals surface area (Å²) >= 11 is 0. The van der Waals surface area contributed by atoms with E-state index >= 15 is 0 Å². The van der Waals surface area contributed by atoms with Crippen molar-refractivity contribution in [2.75, 3.05) is 32.8 Å². The molecule has 1 aromatic heterocycles. The summed E-state index contributed by atoms with van der Waals surface area (Å²) in [6, 6.07) is 15.1. The smallest absolute Gasteiger partial charge is 0.320 e. The van der Waals surface area contributed by atoms with E-state index in [0.717, 1.165) is 5.69 Å². The van der Waals surface area contributed by atoms with Crippen molar-refractivity contribution in [3.05, 3.63) is 60.4 Å². The number of carbonyl (C=O) groups excluding carboxylic acids is 2. The lowest BCUT2D eigenvalue weighted by molar-refractivity contribution is -0.135. The molecule has 7 nitrogen and oxygen atoms in total. The van der Waals surface area contributed by atoms with Gasteiger partial charge in [-0.05, 0) is 24.3 Å². The average Bonchev–Trinajstić information content (AvgIpc) is 3.02. The van der Waals surface area contributed by atoms with Crippen molar-refractivity contribution >= 4 is 11.9 Å². The van der Waals surface area contributed by atoms with Crippen LogP contribution in [-0.2, 0) is 11.3 Å². The van der Waals surface area contributed by atoms with Gasteiger partial charge in [0.05, 0.1) is 18.3 Å². The van der Waals surface area contributed by atoms with Gasteiger partial charge in [0.2, 0.25) is 0 Å². The highest BCUT2D eigenvalue weighted by Crippen LogP contribution is 2.22. The third-order valence-electron chi connectivity index (χ3n) is 4.97. The zero-order valence-electron chi connectivity index (χ0n) is 15.0. The highest BCUT2D eigenvalue weighted by Gasteiger charge is 2.41. The first-order chi connectivity index (χ1) is 13.2. The van der Waals surface area contributed by atoms with Crippen LogP contribution in [-0.4, -0.2) is 70.4 Å². The summed E-state index contributed by atoms with van der Waals surface area (Å²) in [6.07, 6.45) is 1.73. The molecule has 2 fully saturated rings. The molecule has 3 heterocycles. The van der Waals surface area contributed by atoms with E-state index in [1.54, 1.807) is 16.0 Å². The predicted octanol–water partition coefficient (Wildman–Crippen LogP) is 1.61. The van der Waals surface area contributed by atoms with Crippen LogP contribution < -0.4 is 4.74 Å². The van der Waals surface area contributed by atoms with E-state index in [9.17, 15) is 9.59 Å². The quantitative estimate of drug-likeness (QED) is 0.806. The van der Waals surface area contributed by atoms with E-state index in [4.69, 9.17) is 4.74 Å². The van der Waals surface area contributed by atoms with Crippen molar-refractivity contribution in [3.63, 3.8) is 0 Å². The van der Waals surface area contributed by atoms with E-state index in [2.05, 4.69) is 4.98 Å². The van der Waals surface area contributed by atoms with Crippen LogP contribution in [0.5, 0.6) is 5.75 Å². The summed E-state index contributed by atoms with van der Waals surface area (Å²) in [5.41, 5.74) is 0.870. The number of rotatable bonds is 5. The Morgan fingerprint density at radius 1 is 1.07 bits per heavy atom. The first-order valence-electron chi connectivity index (χ1n) is 9.12. The van der Waals surface area contributed by atoms with Gasteiger partial charge in [0.15, 0.2) is 6.61 Å². The van der Waals surface area contributed by atoms with Gasteiger partial charge in [-0.2, -0.15) is 0 Å². The minimum atomic E-state index is -0.0471. The largest absolute Gasteiger partial charge is 0.484 e. The number of amides is 3. The lowest BCUT2D eigenvalue weighted by atomic mass is 10.2. The number of fused-ring (bicyclic) bond motifs is 1. The Hall–Kier alpha value is -3.09. The molecule has 1 unspecified atom stereocenters. The van der Waals surface area contributed by atoms with Crippen molar-refractivity contribution in [2.24, 2.45) is 0 Å². The van der Waals surface area contributed by atoms with E-state index in [1.165, 1.54) is 0 Å². The fourth-order valence-corrected chi connectivity index (χ4v) is 3.58. The minimum absolute atomic E-state index is 0.0162. The van der Waals surface area contributed by atoms with Crippen molar-refractivity contribution in [3.8, 4) is 5.75 Å². The van der Waals surface area contributed by atoms with Gasteiger partial charge < -0.3 is 19.4 Å². The third kappa shape index (κ3) is 3.86. The number of pyridine rings is 1. The predicted molar refractivity (Wildman–Crippen MR) is 99.1 cm³/mol. The molecule has 0 aliphatic carbocycles. The molecule has 0 bridgehead atoms. The fourth-order valence-electron chi connectivity index (χ4n) is 3.58. The molecule has 0 spiro atoms. The average molecular weight is 366 g/mol. The number of hydrogen-bond acceptors (Lipinski definition) is 4. The van der Waals surface area contributed by atoms with Crippen molar-refractivity contribution < 1.29 is 14.3 Å². The third-order valence-corrected chi connectivity index (χ3v) is 4.97. The van der Waals surface area contributed by atoms with Gasteiger partial charge in [0.1, 0.15) is 5.75 Å². The molecule has 2 saturated heterocycles. The molecule has 2 aromatic rings. The SMILES string of the molecule is O=C(COc1ccccc1)N1CCN2C(=O)N(Cc3ccccn3)CC2C1. The molecular weight excluding hydrogens is 344 g/mol. The zero-order valence-corrected chi connectivity index (χ0v) is 15.0. The lowest BCUT2D eigenvalue weighted by Crippen LogP contribution is -2.54. The summed E-state index contributed by atoms with van der Waals surface area (Å²) in [5.74, 6) is 0.635.